The lowest BCUT2D eigenvalue weighted by Crippen LogP contribution is -2.58. The Hall–Kier alpha value is -3.28. The second kappa shape index (κ2) is 5.87. The van der Waals surface area contributed by atoms with E-state index in [9.17, 15) is 18.3 Å². The molecular weight excluding hydrogens is 365 g/mol. The molecular formula is C15H13F3N8O. The highest BCUT2D eigenvalue weighted by Crippen LogP contribution is 2.41. The van der Waals surface area contributed by atoms with Crippen LogP contribution in [-0.2, 0) is 6.42 Å². The van der Waals surface area contributed by atoms with Crippen LogP contribution in [0.3, 0.4) is 0 Å². The smallest absolute Gasteiger partial charge is 0.385 e. The Kier molecular flexibility index (Phi) is 3.73. The van der Waals surface area contributed by atoms with Crippen LogP contribution in [0.25, 0.3) is 0 Å². The van der Waals surface area contributed by atoms with Crippen molar-refractivity contribution >= 4 is 17.5 Å². The standard InChI is InChI=1S/C15H13F3N8O/c16-15(17,18)14(27)7-10(9-4-2-1-3-5-9)24-26(14)13-23-22-11(19)6-12-20-8-21-25(12)13/h1-5,8,27H,6-7H2,(H2,19,22). The van der Waals surface area contributed by atoms with Gasteiger partial charge in [0.15, 0.2) is 0 Å². The topological polar surface area (TPSA) is 117 Å². The highest BCUT2D eigenvalue weighted by atomic mass is 19.4. The highest BCUT2D eigenvalue weighted by molar-refractivity contribution is 6.04. The summed E-state index contributed by atoms with van der Waals surface area (Å²) in [6, 6.07) is 8.26. The number of nitrogens with zero attached hydrogens (tertiary/aromatic N) is 7. The molecule has 3 N–H and O–H groups in total. The molecule has 0 fully saturated rings. The number of aliphatic hydroxyl groups is 1. The number of alkyl halides is 3. The van der Waals surface area contributed by atoms with Crippen LogP contribution in [0.5, 0.6) is 0 Å². The molecule has 2 aliphatic rings. The van der Waals surface area contributed by atoms with E-state index in [1.54, 1.807) is 30.3 Å². The largest absolute Gasteiger partial charge is 0.438 e. The van der Waals surface area contributed by atoms with E-state index < -0.39 is 24.3 Å². The van der Waals surface area contributed by atoms with Gasteiger partial charge < -0.3 is 10.8 Å². The van der Waals surface area contributed by atoms with E-state index in [2.05, 4.69) is 25.4 Å². The van der Waals surface area contributed by atoms with Crippen molar-refractivity contribution in [2.24, 2.45) is 21.0 Å². The highest BCUT2D eigenvalue weighted by Gasteiger charge is 2.63. The molecule has 4 rings (SSSR count). The number of rotatable bonds is 1. The summed E-state index contributed by atoms with van der Waals surface area (Å²) in [5.74, 6) is -0.185. The molecule has 140 valence electrons. The molecule has 0 amide bonds. The van der Waals surface area contributed by atoms with Gasteiger partial charge in [-0.1, -0.05) is 30.3 Å². The molecule has 9 nitrogen and oxygen atoms in total. The number of hydrogen-bond acceptors (Lipinski definition) is 8. The minimum Gasteiger partial charge on any atom is -0.385 e. The molecule has 12 heteroatoms. The Morgan fingerprint density at radius 2 is 1.89 bits per heavy atom. The van der Waals surface area contributed by atoms with E-state index in [4.69, 9.17) is 5.73 Å². The van der Waals surface area contributed by atoms with Gasteiger partial charge in [0.1, 0.15) is 18.0 Å². The number of aromatic nitrogens is 3. The Morgan fingerprint density at radius 3 is 2.59 bits per heavy atom. The van der Waals surface area contributed by atoms with Crippen LogP contribution in [-0.4, -0.2) is 54.3 Å². The second-order valence-corrected chi connectivity index (χ2v) is 5.97. The second-order valence-electron chi connectivity index (χ2n) is 5.97. The van der Waals surface area contributed by atoms with Crippen molar-refractivity contribution in [2.45, 2.75) is 24.7 Å². The fraction of sp³-hybridized carbons (Fsp3) is 0.267. The van der Waals surface area contributed by atoms with Crippen molar-refractivity contribution in [3.8, 4) is 0 Å². The zero-order valence-electron chi connectivity index (χ0n) is 13.7. The van der Waals surface area contributed by atoms with Gasteiger partial charge >= 0.3 is 6.18 Å². The summed E-state index contributed by atoms with van der Waals surface area (Å²) >= 11 is 0. The Morgan fingerprint density at radius 1 is 1.15 bits per heavy atom. The van der Waals surface area contributed by atoms with Gasteiger partial charge in [-0.3, -0.25) is 0 Å². The first kappa shape index (κ1) is 17.1. The van der Waals surface area contributed by atoms with Gasteiger partial charge in [-0.25, -0.2) is 4.98 Å². The van der Waals surface area contributed by atoms with Crippen LogP contribution in [0.2, 0.25) is 0 Å². The fourth-order valence-corrected chi connectivity index (χ4v) is 2.80. The molecule has 0 aliphatic carbocycles. The van der Waals surface area contributed by atoms with Gasteiger partial charge in [0.25, 0.3) is 11.7 Å². The van der Waals surface area contributed by atoms with Crippen molar-refractivity contribution in [3.05, 3.63) is 48.0 Å². The predicted octanol–water partition coefficient (Wildman–Crippen LogP) is 0.671. The lowest BCUT2D eigenvalue weighted by molar-refractivity contribution is -0.295. The summed E-state index contributed by atoms with van der Waals surface area (Å²) in [4.78, 5) is 3.95. The molecule has 1 atom stereocenters. The third-order valence-electron chi connectivity index (χ3n) is 4.15. The van der Waals surface area contributed by atoms with Crippen LogP contribution >= 0.6 is 0 Å². The van der Waals surface area contributed by atoms with Crippen LogP contribution < -0.4 is 5.73 Å². The van der Waals surface area contributed by atoms with Crippen molar-refractivity contribution in [2.75, 3.05) is 0 Å². The van der Waals surface area contributed by atoms with Crippen LogP contribution in [0.1, 0.15) is 17.8 Å². The van der Waals surface area contributed by atoms with Crippen LogP contribution in [0, 0.1) is 0 Å². The van der Waals surface area contributed by atoms with Gasteiger partial charge in [0, 0.05) is 0 Å². The Bertz CT molecular complexity index is 965. The lowest BCUT2D eigenvalue weighted by atomic mass is 10.0. The van der Waals surface area contributed by atoms with Crippen molar-refractivity contribution in [1.29, 1.82) is 0 Å². The van der Waals surface area contributed by atoms with Gasteiger partial charge in [-0.05, 0) is 5.56 Å². The van der Waals surface area contributed by atoms with E-state index in [0.717, 1.165) is 11.0 Å². The summed E-state index contributed by atoms with van der Waals surface area (Å²) in [6.45, 7) is 0. The van der Waals surface area contributed by atoms with Crippen molar-refractivity contribution in [3.63, 3.8) is 0 Å². The molecule has 0 bridgehead atoms. The quantitative estimate of drug-likeness (QED) is 0.756. The van der Waals surface area contributed by atoms with Crippen molar-refractivity contribution in [1.82, 2.24) is 19.8 Å². The SMILES string of the molecule is NC1=NN=C(N2N=C(c3ccccc3)CC2(O)C(F)(F)F)n2ncnc2C1. The van der Waals surface area contributed by atoms with E-state index in [-0.39, 0.29) is 23.8 Å². The molecule has 1 aromatic heterocycles. The average Bonchev–Trinajstić information content (AvgIpc) is 3.18. The first-order valence-corrected chi connectivity index (χ1v) is 7.81. The monoisotopic (exact) mass is 378 g/mol. The van der Waals surface area contributed by atoms with Crippen LogP contribution in [0.4, 0.5) is 13.2 Å². The number of halogens is 3. The maximum absolute atomic E-state index is 13.8. The summed E-state index contributed by atoms with van der Waals surface area (Å²) in [5, 5.41) is 26.2. The fourth-order valence-electron chi connectivity index (χ4n) is 2.80. The van der Waals surface area contributed by atoms with E-state index in [1.807, 2.05) is 0 Å². The number of benzene rings is 1. The maximum Gasteiger partial charge on any atom is 0.438 e. The van der Waals surface area contributed by atoms with Crippen molar-refractivity contribution < 1.29 is 18.3 Å². The number of amidine groups is 1. The molecule has 2 aliphatic heterocycles. The third-order valence-corrected chi connectivity index (χ3v) is 4.15. The zero-order chi connectivity index (χ0) is 19.2. The minimum atomic E-state index is -5.03. The maximum atomic E-state index is 13.8. The molecule has 0 spiro atoms. The third kappa shape index (κ3) is 2.73. The molecule has 1 aromatic carbocycles. The molecule has 0 saturated heterocycles. The minimum absolute atomic E-state index is 0.0422. The Labute approximate surface area is 150 Å². The van der Waals surface area contributed by atoms with E-state index in [1.165, 1.54) is 0 Å². The first-order chi connectivity index (χ1) is 12.8. The van der Waals surface area contributed by atoms with Gasteiger partial charge in [-0.15, -0.1) is 10.2 Å². The zero-order valence-corrected chi connectivity index (χ0v) is 13.7. The van der Waals surface area contributed by atoms with E-state index >= 15 is 0 Å². The average molecular weight is 378 g/mol. The summed E-state index contributed by atoms with van der Waals surface area (Å²) < 4.78 is 42.4. The lowest BCUT2D eigenvalue weighted by Gasteiger charge is -2.33. The number of fused-ring (bicyclic) bond motifs is 1. The molecule has 0 radical (unpaired) electrons. The number of hydrazone groups is 1. The molecule has 3 heterocycles. The molecule has 27 heavy (non-hydrogen) atoms. The molecule has 0 saturated carbocycles. The number of nitrogens with two attached hydrogens (primary N) is 1. The van der Waals surface area contributed by atoms with Gasteiger partial charge in [-0.2, -0.15) is 33.1 Å². The van der Waals surface area contributed by atoms with Gasteiger partial charge in [0.2, 0.25) is 0 Å². The first-order valence-electron chi connectivity index (χ1n) is 7.81. The summed E-state index contributed by atoms with van der Waals surface area (Å²) in [6.07, 6.45) is -4.63. The normalized spacial score (nSPS) is 22.7. The van der Waals surface area contributed by atoms with Crippen LogP contribution in [0.15, 0.2) is 52.0 Å². The molecule has 2 aromatic rings. The Balaban J connectivity index is 1.87. The summed E-state index contributed by atoms with van der Waals surface area (Å²) in [5.41, 5.74) is 2.83. The predicted molar refractivity (Wildman–Crippen MR) is 88.6 cm³/mol. The van der Waals surface area contributed by atoms with E-state index in [0.29, 0.717) is 10.6 Å². The summed E-state index contributed by atoms with van der Waals surface area (Å²) in [7, 11) is 0. The number of hydrogen-bond donors (Lipinski definition) is 2. The molecule has 1 unspecified atom stereocenters. The van der Waals surface area contributed by atoms with Gasteiger partial charge in [0.05, 0.1) is 18.6 Å².